The first-order valence-corrected chi connectivity index (χ1v) is 9.97. The third kappa shape index (κ3) is 15.8. The van der Waals surface area contributed by atoms with Gasteiger partial charge in [-0.05, 0) is 32.6 Å². The fourth-order valence-electron chi connectivity index (χ4n) is 2.58. The van der Waals surface area contributed by atoms with Gasteiger partial charge in [-0.1, -0.05) is 58.3 Å². The molecular weight excluding hydrogens is 311 g/mol. The molecule has 0 aromatic carbocycles. The number of rotatable bonds is 14. The Balaban J connectivity index is 0. The maximum atomic E-state index is 11.2. The minimum absolute atomic E-state index is 0. The Hall–Kier alpha value is 0.870. The molecule has 0 rings (SSSR count). The largest absolute Gasteiger partial charge is 1.00 e. The van der Waals surface area contributed by atoms with Crippen LogP contribution in [0.15, 0.2) is 0 Å². The molecule has 4 nitrogen and oxygen atoms in total. The van der Waals surface area contributed by atoms with Gasteiger partial charge in [0.1, 0.15) is 0 Å². The monoisotopic (exact) mass is 344 g/mol. The molecule has 6 heteroatoms. The van der Waals surface area contributed by atoms with E-state index in [0.29, 0.717) is 25.7 Å². The SMILES string of the molecule is CCCCCCCCCCC(CCCC(C)O)S(=O)(=O)[O-].[Na+]. The molecule has 0 aromatic rings. The first kappa shape index (κ1) is 25.1. The van der Waals surface area contributed by atoms with E-state index in [1.807, 2.05) is 0 Å². The Morgan fingerprint density at radius 2 is 1.32 bits per heavy atom. The van der Waals surface area contributed by atoms with Gasteiger partial charge in [-0.2, -0.15) is 0 Å². The van der Waals surface area contributed by atoms with E-state index in [2.05, 4.69) is 6.92 Å². The van der Waals surface area contributed by atoms with Crippen molar-refractivity contribution in [1.82, 2.24) is 0 Å². The van der Waals surface area contributed by atoms with Gasteiger partial charge < -0.3 is 9.66 Å². The van der Waals surface area contributed by atoms with Crippen molar-refractivity contribution in [3.05, 3.63) is 0 Å². The molecule has 128 valence electrons. The van der Waals surface area contributed by atoms with Crippen molar-refractivity contribution in [1.29, 1.82) is 0 Å². The van der Waals surface area contributed by atoms with Gasteiger partial charge in [-0.3, -0.25) is 0 Å². The standard InChI is InChI=1S/C16H34O4S.Na/c1-3-4-5-6-7-8-9-10-13-16(21(18,19)20)14-11-12-15(2)17;/h15-17H,3-14H2,1-2H3,(H,18,19,20);/q;+1/p-1. The summed E-state index contributed by atoms with van der Waals surface area (Å²) in [6.07, 6.45) is 10.8. The topological polar surface area (TPSA) is 77.4 Å². The van der Waals surface area contributed by atoms with Gasteiger partial charge in [0.05, 0.1) is 16.2 Å². The minimum atomic E-state index is -4.20. The molecule has 0 saturated carbocycles. The summed E-state index contributed by atoms with van der Waals surface area (Å²) in [6.45, 7) is 3.88. The predicted molar refractivity (Wildman–Crippen MR) is 86.2 cm³/mol. The summed E-state index contributed by atoms with van der Waals surface area (Å²) in [5.74, 6) is 0. The molecule has 0 heterocycles. The number of unbranched alkanes of at least 4 members (excludes halogenated alkanes) is 7. The van der Waals surface area contributed by atoms with Crippen molar-refractivity contribution in [3.63, 3.8) is 0 Å². The summed E-state index contributed by atoms with van der Waals surface area (Å²) in [6, 6.07) is 0. The summed E-state index contributed by atoms with van der Waals surface area (Å²) < 4.78 is 33.7. The Bertz CT molecular complexity index is 331. The molecule has 2 atom stereocenters. The van der Waals surface area contributed by atoms with Crippen LogP contribution in [-0.4, -0.2) is 29.4 Å². The van der Waals surface area contributed by atoms with E-state index < -0.39 is 21.5 Å². The third-order valence-corrected chi connectivity index (χ3v) is 5.22. The van der Waals surface area contributed by atoms with E-state index in [-0.39, 0.29) is 29.6 Å². The van der Waals surface area contributed by atoms with Crippen LogP contribution in [-0.2, 0) is 10.1 Å². The normalized spacial score (nSPS) is 14.4. The van der Waals surface area contributed by atoms with Gasteiger partial charge in [0.2, 0.25) is 0 Å². The molecule has 0 radical (unpaired) electrons. The summed E-state index contributed by atoms with van der Waals surface area (Å²) in [5, 5.41) is 8.41. The van der Waals surface area contributed by atoms with Crippen molar-refractivity contribution in [2.24, 2.45) is 0 Å². The van der Waals surface area contributed by atoms with Crippen molar-refractivity contribution in [2.45, 2.75) is 102 Å². The van der Waals surface area contributed by atoms with Crippen LogP contribution in [0.1, 0.15) is 90.9 Å². The summed E-state index contributed by atoms with van der Waals surface area (Å²) in [7, 11) is -4.20. The maximum absolute atomic E-state index is 11.2. The number of hydrogen-bond acceptors (Lipinski definition) is 4. The van der Waals surface area contributed by atoms with Crippen LogP contribution >= 0.6 is 0 Å². The van der Waals surface area contributed by atoms with Gasteiger partial charge in [-0.25, -0.2) is 8.42 Å². The molecule has 0 aliphatic carbocycles. The van der Waals surface area contributed by atoms with E-state index in [4.69, 9.17) is 0 Å². The van der Waals surface area contributed by atoms with Crippen LogP contribution < -0.4 is 29.6 Å². The molecule has 2 unspecified atom stereocenters. The fraction of sp³-hybridized carbons (Fsp3) is 1.00. The zero-order valence-corrected chi connectivity index (χ0v) is 17.5. The molecule has 1 N–H and O–H groups in total. The Morgan fingerprint density at radius 1 is 0.864 bits per heavy atom. The molecule has 0 aromatic heterocycles. The van der Waals surface area contributed by atoms with Crippen molar-refractivity contribution in [3.8, 4) is 0 Å². The van der Waals surface area contributed by atoms with Gasteiger partial charge in [0.15, 0.2) is 0 Å². The zero-order valence-electron chi connectivity index (χ0n) is 14.7. The molecule has 0 amide bonds. The Kier molecular flexibility index (Phi) is 17.6. The van der Waals surface area contributed by atoms with Crippen LogP contribution in [0.3, 0.4) is 0 Å². The maximum Gasteiger partial charge on any atom is 1.00 e. The molecule has 0 saturated heterocycles. The Morgan fingerprint density at radius 3 is 1.77 bits per heavy atom. The van der Waals surface area contributed by atoms with Crippen LogP contribution in [0.2, 0.25) is 0 Å². The second kappa shape index (κ2) is 15.4. The second-order valence-corrected chi connectivity index (χ2v) is 7.81. The molecule has 0 fully saturated rings. The van der Waals surface area contributed by atoms with Gasteiger partial charge in [0, 0.05) is 5.25 Å². The van der Waals surface area contributed by atoms with E-state index in [1.165, 1.54) is 32.1 Å². The molecule has 0 aliphatic heterocycles. The molecule has 22 heavy (non-hydrogen) atoms. The van der Waals surface area contributed by atoms with Crippen molar-refractivity contribution >= 4 is 10.1 Å². The average Bonchev–Trinajstić information content (AvgIpc) is 2.38. The average molecular weight is 344 g/mol. The number of aliphatic hydroxyl groups is 1. The van der Waals surface area contributed by atoms with Crippen molar-refractivity contribution < 1.29 is 47.6 Å². The van der Waals surface area contributed by atoms with E-state index in [0.717, 1.165) is 19.3 Å². The second-order valence-electron chi connectivity index (χ2n) is 6.16. The number of aliphatic hydroxyl groups excluding tert-OH is 1. The smallest absolute Gasteiger partial charge is 0.748 e. The summed E-state index contributed by atoms with van der Waals surface area (Å²) >= 11 is 0. The number of hydrogen-bond donors (Lipinski definition) is 1. The third-order valence-electron chi connectivity index (χ3n) is 3.94. The van der Waals surface area contributed by atoms with Crippen LogP contribution in [0.5, 0.6) is 0 Å². The quantitative estimate of drug-likeness (QED) is 0.290. The Labute approximate surface area is 159 Å². The molecule has 0 bridgehead atoms. The van der Waals surface area contributed by atoms with Crippen LogP contribution in [0.4, 0.5) is 0 Å². The first-order chi connectivity index (χ1) is 9.88. The minimum Gasteiger partial charge on any atom is -0.748 e. The zero-order chi connectivity index (χ0) is 16.1. The predicted octanol–water partition coefficient (Wildman–Crippen LogP) is 0.986. The molecule has 0 aliphatic rings. The summed E-state index contributed by atoms with van der Waals surface area (Å²) in [4.78, 5) is 0. The van der Waals surface area contributed by atoms with Gasteiger partial charge >= 0.3 is 29.6 Å². The van der Waals surface area contributed by atoms with Crippen LogP contribution in [0, 0.1) is 0 Å². The first-order valence-electron chi connectivity index (χ1n) is 8.50. The van der Waals surface area contributed by atoms with E-state index >= 15 is 0 Å². The van der Waals surface area contributed by atoms with Crippen LogP contribution in [0.25, 0.3) is 0 Å². The van der Waals surface area contributed by atoms with Gasteiger partial charge in [-0.15, -0.1) is 0 Å². The van der Waals surface area contributed by atoms with E-state index in [1.54, 1.807) is 6.92 Å². The van der Waals surface area contributed by atoms with Crippen molar-refractivity contribution in [2.75, 3.05) is 0 Å². The fourth-order valence-corrected chi connectivity index (χ4v) is 3.49. The molecule has 0 spiro atoms. The summed E-state index contributed by atoms with van der Waals surface area (Å²) in [5.41, 5.74) is 0. The molecular formula is C16H33NaO4S. The van der Waals surface area contributed by atoms with Gasteiger partial charge in [0.25, 0.3) is 0 Å². The van der Waals surface area contributed by atoms with E-state index in [9.17, 15) is 18.1 Å².